The standard InChI is InChI=1S/C19H23N3O3/c1-4-25-19(24)16-12(2)17(21-13(16)3)18(23)22-11-5-6-15(22)14-7-9-20-10-8-14/h7-10,15,21H,4-6,11H2,1-3H3. The molecule has 1 unspecified atom stereocenters. The molecule has 1 aliphatic heterocycles. The van der Waals surface area contributed by atoms with Crippen molar-refractivity contribution in [3.8, 4) is 0 Å². The van der Waals surface area contributed by atoms with Gasteiger partial charge < -0.3 is 14.6 Å². The van der Waals surface area contributed by atoms with Crippen LogP contribution < -0.4 is 0 Å². The number of likely N-dealkylation sites (tertiary alicyclic amines) is 1. The molecule has 1 atom stereocenters. The van der Waals surface area contributed by atoms with Gasteiger partial charge in [-0.25, -0.2) is 4.79 Å². The van der Waals surface area contributed by atoms with Crippen LogP contribution in [0.2, 0.25) is 0 Å². The third-order valence-corrected chi connectivity index (χ3v) is 4.74. The largest absolute Gasteiger partial charge is 0.462 e. The summed E-state index contributed by atoms with van der Waals surface area (Å²) in [7, 11) is 0. The van der Waals surface area contributed by atoms with Crippen LogP contribution in [0.15, 0.2) is 24.5 Å². The Morgan fingerprint density at radius 3 is 2.72 bits per heavy atom. The number of carbonyl (C=O) groups excluding carboxylic acids is 2. The predicted molar refractivity (Wildman–Crippen MR) is 93.5 cm³/mol. The average Bonchev–Trinajstić information content (AvgIpc) is 3.20. The van der Waals surface area contributed by atoms with Gasteiger partial charge in [-0.1, -0.05) is 0 Å². The summed E-state index contributed by atoms with van der Waals surface area (Å²) in [6, 6.07) is 3.95. The Morgan fingerprint density at radius 1 is 1.32 bits per heavy atom. The topological polar surface area (TPSA) is 75.3 Å². The molecule has 0 spiro atoms. The minimum Gasteiger partial charge on any atom is -0.462 e. The number of aromatic nitrogens is 2. The van der Waals surface area contributed by atoms with Crippen LogP contribution in [0.5, 0.6) is 0 Å². The summed E-state index contributed by atoms with van der Waals surface area (Å²) in [5.41, 5.74) is 3.35. The van der Waals surface area contributed by atoms with Crippen LogP contribution in [-0.2, 0) is 4.74 Å². The summed E-state index contributed by atoms with van der Waals surface area (Å²) >= 11 is 0. The van der Waals surface area contributed by atoms with Crippen molar-refractivity contribution in [3.63, 3.8) is 0 Å². The van der Waals surface area contributed by atoms with Crippen molar-refractivity contribution >= 4 is 11.9 Å². The lowest BCUT2D eigenvalue weighted by Crippen LogP contribution is -2.31. The van der Waals surface area contributed by atoms with Crippen LogP contribution in [-0.4, -0.2) is 39.9 Å². The second-order valence-electron chi connectivity index (χ2n) is 6.28. The lowest BCUT2D eigenvalue weighted by molar-refractivity contribution is 0.0525. The Kier molecular flexibility index (Phi) is 4.88. The molecule has 6 nitrogen and oxygen atoms in total. The molecule has 3 rings (SSSR count). The van der Waals surface area contributed by atoms with Gasteiger partial charge in [0.1, 0.15) is 5.69 Å². The summed E-state index contributed by atoms with van der Waals surface area (Å²) in [4.78, 5) is 34.3. The molecule has 1 saturated heterocycles. The monoisotopic (exact) mass is 341 g/mol. The van der Waals surface area contributed by atoms with Crippen molar-refractivity contribution in [1.82, 2.24) is 14.9 Å². The molecule has 132 valence electrons. The number of hydrogen-bond donors (Lipinski definition) is 1. The summed E-state index contributed by atoms with van der Waals surface area (Å²) in [5, 5.41) is 0. The molecular weight excluding hydrogens is 318 g/mol. The molecule has 2 aromatic heterocycles. The molecule has 6 heteroatoms. The van der Waals surface area contributed by atoms with E-state index in [4.69, 9.17) is 4.74 Å². The van der Waals surface area contributed by atoms with Crippen molar-refractivity contribution in [2.75, 3.05) is 13.2 Å². The van der Waals surface area contributed by atoms with Crippen LogP contribution in [0.3, 0.4) is 0 Å². The molecule has 0 saturated carbocycles. The fourth-order valence-corrected chi connectivity index (χ4v) is 3.56. The number of pyridine rings is 1. The number of H-pyrrole nitrogens is 1. The van der Waals surface area contributed by atoms with Crippen molar-refractivity contribution in [2.45, 2.75) is 39.7 Å². The van der Waals surface area contributed by atoms with Gasteiger partial charge in [0.25, 0.3) is 5.91 Å². The van der Waals surface area contributed by atoms with E-state index in [1.807, 2.05) is 17.0 Å². The highest BCUT2D eigenvalue weighted by atomic mass is 16.5. The average molecular weight is 341 g/mol. The number of nitrogens with zero attached hydrogens (tertiary/aromatic N) is 2. The van der Waals surface area contributed by atoms with E-state index in [1.165, 1.54) is 0 Å². The van der Waals surface area contributed by atoms with Crippen LogP contribution in [0, 0.1) is 13.8 Å². The summed E-state index contributed by atoms with van der Waals surface area (Å²) in [6.07, 6.45) is 5.39. The van der Waals surface area contributed by atoms with E-state index >= 15 is 0 Å². The number of ether oxygens (including phenoxy) is 1. The predicted octanol–water partition coefficient (Wildman–Crippen LogP) is 3.18. The maximum atomic E-state index is 13.1. The number of aromatic amines is 1. The number of rotatable bonds is 4. The summed E-state index contributed by atoms with van der Waals surface area (Å²) in [5.74, 6) is -0.463. The van der Waals surface area contributed by atoms with Crippen molar-refractivity contribution < 1.29 is 14.3 Å². The van der Waals surface area contributed by atoms with E-state index in [9.17, 15) is 9.59 Å². The summed E-state index contributed by atoms with van der Waals surface area (Å²) < 4.78 is 5.11. The second-order valence-corrected chi connectivity index (χ2v) is 6.28. The Morgan fingerprint density at radius 2 is 2.04 bits per heavy atom. The SMILES string of the molecule is CCOC(=O)c1c(C)[nH]c(C(=O)N2CCCC2c2ccncc2)c1C. The molecule has 2 aromatic rings. The maximum absolute atomic E-state index is 13.1. The third kappa shape index (κ3) is 3.16. The number of amides is 1. The number of aryl methyl sites for hydroxylation is 1. The smallest absolute Gasteiger partial charge is 0.340 e. The molecule has 25 heavy (non-hydrogen) atoms. The van der Waals surface area contributed by atoms with E-state index in [0.717, 1.165) is 18.4 Å². The zero-order valence-electron chi connectivity index (χ0n) is 14.8. The van der Waals surface area contributed by atoms with Gasteiger partial charge in [0.15, 0.2) is 0 Å². The highest BCUT2D eigenvalue weighted by molar-refractivity contribution is 6.00. The number of nitrogens with one attached hydrogen (secondary N) is 1. The van der Waals surface area contributed by atoms with E-state index in [2.05, 4.69) is 9.97 Å². The van der Waals surface area contributed by atoms with Gasteiger partial charge in [-0.05, 0) is 56.9 Å². The molecule has 1 N–H and O–H groups in total. The molecule has 0 bridgehead atoms. The van der Waals surface area contributed by atoms with Gasteiger partial charge >= 0.3 is 5.97 Å². The molecule has 0 aliphatic carbocycles. The van der Waals surface area contributed by atoms with E-state index in [-0.39, 0.29) is 17.9 Å². The molecule has 1 aliphatic rings. The molecule has 3 heterocycles. The van der Waals surface area contributed by atoms with Crippen LogP contribution in [0.1, 0.15) is 63.5 Å². The fourth-order valence-electron chi connectivity index (χ4n) is 3.56. The Bertz CT molecular complexity index is 783. The Balaban J connectivity index is 1.91. The third-order valence-electron chi connectivity index (χ3n) is 4.74. The Labute approximate surface area is 147 Å². The van der Waals surface area contributed by atoms with Gasteiger partial charge in [0.05, 0.1) is 18.2 Å². The zero-order valence-corrected chi connectivity index (χ0v) is 14.8. The number of carbonyl (C=O) groups is 2. The number of esters is 1. The van der Waals surface area contributed by atoms with Crippen LogP contribution >= 0.6 is 0 Å². The highest BCUT2D eigenvalue weighted by Crippen LogP contribution is 2.33. The molecule has 0 aromatic carbocycles. The van der Waals surface area contributed by atoms with E-state index < -0.39 is 0 Å². The van der Waals surface area contributed by atoms with Gasteiger partial charge in [-0.15, -0.1) is 0 Å². The molecular formula is C19H23N3O3. The zero-order chi connectivity index (χ0) is 18.0. The van der Waals surface area contributed by atoms with Crippen molar-refractivity contribution in [1.29, 1.82) is 0 Å². The molecule has 1 fully saturated rings. The Hall–Kier alpha value is -2.63. The lowest BCUT2D eigenvalue weighted by atomic mass is 10.1. The van der Waals surface area contributed by atoms with Gasteiger partial charge in [0, 0.05) is 24.6 Å². The first-order chi connectivity index (χ1) is 12.0. The fraction of sp³-hybridized carbons (Fsp3) is 0.421. The van der Waals surface area contributed by atoms with E-state index in [0.29, 0.717) is 35.7 Å². The second kappa shape index (κ2) is 7.09. The van der Waals surface area contributed by atoms with Crippen LogP contribution in [0.4, 0.5) is 0 Å². The van der Waals surface area contributed by atoms with Crippen molar-refractivity contribution in [2.24, 2.45) is 0 Å². The first-order valence-electron chi connectivity index (χ1n) is 8.61. The lowest BCUT2D eigenvalue weighted by Gasteiger charge is -2.25. The normalized spacial score (nSPS) is 16.9. The molecule has 1 amide bonds. The van der Waals surface area contributed by atoms with E-state index in [1.54, 1.807) is 33.2 Å². The van der Waals surface area contributed by atoms with Gasteiger partial charge in [0.2, 0.25) is 0 Å². The van der Waals surface area contributed by atoms with Gasteiger partial charge in [-0.2, -0.15) is 0 Å². The highest BCUT2D eigenvalue weighted by Gasteiger charge is 2.33. The summed E-state index contributed by atoms with van der Waals surface area (Å²) in [6.45, 7) is 6.37. The number of hydrogen-bond acceptors (Lipinski definition) is 4. The minimum absolute atomic E-state index is 0.0459. The minimum atomic E-state index is -0.389. The quantitative estimate of drug-likeness (QED) is 0.867. The first kappa shape index (κ1) is 17.2. The maximum Gasteiger partial charge on any atom is 0.340 e. The first-order valence-corrected chi connectivity index (χ1v) is 8.61. The van der Waals surface area contributed by atoms with Gasteiger partial charge in [-0.3, -0.25) is 9.78 Å². The van der Waals surface area contributed by atoms with Crippen molar-refractivity contribution in [3.05, 3.63) is 52.6 Å². The molecule has 0 radical (unpaired) electrons. The van der Waals surface area contributed by atoms with Crippen LogP contribution in [0.25, 0.3) is 0 Å².